The van der Waals surface area contributed by atoms with Gasteiger partial charge < -0.3 is 15.0 Å². The van der Waals surface area contributed by atoms with Crippen molar-refractivity contribution in [3.05, 3.63) is 9.35 Å². The second kappa shape index (κ2) is 5.89. The monoisotopic (exact) mass is 358 g/mol. The normalized spacial score (nSPS) is 25.4. The molecule has 3 rings (SSSR count). The zero-order chi connectivity index (χ0) is 14.1. The third kappa shape index (κ3) is 2.65. The standard InChI is InChI=1S/C13H19BrN4OS/c1-8-3-4-9-5-15-13(18(9)7-8)16-6-10-11(14)12(19-2)17-20-10/h8-9H,3-7H2,1-2H3,(H,15,16). The Morgan fingerprint density at radius 3 is 3.10 bits per heavy atom. The maximum Gasteiger partial charge on any atom is 0.239 e. The Hall–Kier alpha value is -0.820. The van der Waals surface area contributed by atoms with E-state index in [1.807, 2.05) is 0 Å². The highest BCUT2D eigenvalue weighted by Gasteiger charge is 2.32. The number of rotatable bonds is 3. The molecule has 1 fully saturated rings. The number of hydrogen-bond acceptors (Lipinski definition) is 6. The van der Waals surface area contributed by atoms with Gasteiger partial charge in [-0.1, -0.05) is 6.92 Å². The Morgan fingerprint density at radius 1 is 1.50 bits per heavy atom. The van der Waals surface area contributed by atoms with E-state index >= 15 is 0 Å². The maximum atomic E-state index is 5.18. The third-order valence-corrected chi connectivity index (χ3v) is 5.84. The summed E-state index contributed by atoms with van der Waals surface area (Å²) in [6.45, 7) is 5.10. The Bertz CT molecular complexity index is 518. The minimum Gasteiger partial charge on any atom is -0.480 e. The van der Waals surface area contributed by atoms with Gasteiger partial charge in [-0.25, -0.2) is 0 Å². The van der Waals surface area contributed by atoms with Gasteiger partial charge in [0.05, 0.1) is 35.6 Å². The van der Waals surface area contributed by atoms with Crippen molar-refractivity contribution in [3.63, 3.8) is 0 Å². The summed E-state index contributed by atoms with van der Waals surface area (Å²) in [6.07, 6.45) is 2.58. The molecule has 5 nitrogen and oxygen atoms in total. The average Bonchev–Trinajstić information content (AvgIpc) is 3.00. The van der Waals surface area contributed by atoms with Gasteiger partial charge in [-0.15, -0.1) is 0 Å². The van der Waals surface area contributed by atoms with Crippen LogP contribution in [0.3, 0.4) is 0 Å². The number of methoxy groups -OCH3 is 1. The van der Waals surface area contributed by atoms with Crippen LogP contribution in [0.5, 0.6) is 5.88 Å². The van der Waals surface area contributed by atoms with Crippen molar-refractivity contribution in [3.8, 4) is 5.88 Å². The minimum atomic E-state index is 0.605. The fraction of sp³-hybridized carbons (Fsp3) is 0.692. The molecule has 0 aliphatic carbocycles. The number of hydrogen-bond donors (Lipinski definition) is 1. The molecule has 7 heteroatoms. The second-order valence-corrected chi connectivity index (χ2v) is 7.09. The Labute approximate surface area is 131 Å². The van der Waals surface area contributed by atoms with E-state index in [0.717, 1.165) is 40.9 Å². The van der Waals surface area contributed by atoms with E-state index in [1.165, 1.54) is 24.4 Å². The molecule has 0 radical (unpaired) electrons. The predicted molar refractivity (Wildman–Crippen MR) is 84.4 cm³/mol. The van der Waals surface area contributed by atoms with Crippen LogP contribution in [0.25, 0.3) is 0 Å². The molecule has 1 aromatic heterocycles. The van der Waals surface area contributed by atoms with E-state index in [4.69, 9.17) is 4.74 Å². The van der Waals surface area contributed by atoms with Crippen molar-refractivity contribution in [1.29, 1.82) is 0 Å². The summed E-state index contributed by atoms with van der Waals surface area (Å²) >= 11 is 4.99. The number of nitrogens with one attached hydrogen (secondary N) is 1. The molecule has 1 saturated heterocycles. The predicted octanol–water partition coefficient (Wildman–Crippen LogP) is 2.47. The molecule has 1 N–H and O–H groups in total. The molecule has 0 spiro atoms. The van der Waals surface area contributed by atoms with Gasteiger partial charge in [-0.3, -0.25) is 4.99 Å². The summed E-state index contributed by atoms with van der Waals surface area (Å²) < 4.78 is 10.4. The average molecular weight is 359 g/mol. The number of piperidine rings is 1. The van der Waals surface area contributed by atoms with Gasteiger partial charge in [0.1, 0.15) is 0 Å². The molecule has 0 saturated carbocycles. The van der Waals surface area contributed by atoms with Gasteiger partial charge in [0.25, 0.3) is 0 Å². The number of ether oxygens (including phenoxy) is 1. The Kier molecular flexibility index (Phi) is 4.16. The molecule has 2 aliphatic heterocycles. The van der Waals surface area contributed by atoms with E-state index in [2.05, 4.69) is 42.4 Å². The molecule has 3 heterocycles. The molecule has 2 aliphatic rings. The first kappa shape index (κ1) is 14.1. The fourth-order valence-corrected chi connectivity index (χ4v) is 4.18. The largest absolute Gasteiger partial charge is 0.480 e. The summed E-state index contributed by atoms with van der Waals surface area (Å²) in [5.41, 5.74) is 0. The highest BCUT2D eigenvalue weighted by atomic mass is 79.9. The molecule has 110 valence electrons. The van der Waals surface area contributed by atoms with Gasteiger partial charge >= 0.3 is 0 Å². The lowest BCUT2D eigenvalue weighted by Crippen LogP contribution is -2.48. The number of guanidine groups is 1. The molecule has 0 aromatic carbocycles. The van der Waals surface area contributed by atoms with Crippen LogP contribution >= 0.6 is 27.5 Å². The van der Waals surface area contributed by atoms with Crippen LogP contribution in [0.15, 0.2) is 9.47 Å². The van der Waals surface area contributed by atoms with E-state index in [1.54, 1.807) is 7.11 Å². The SMILES string of the molecule is COc1nsc(CNC2=NCC3CCC(C)CN23)c1Br. The smallest absolute Gasteiger partial charge is 0.239 e. The van der Waals surface area contributed by atoms with Gasteiger partial charge in [0.15, 0.2) is 5.96 Å². The van der Waals surface area contributed by atoms with Crippen LogP contribution in [0.1, 0.15) is 24.6 Å². The summed E-state index contributed by atoms with van der Waals surface area (Å²) in [6, 6.07) is 0.605. The molecule has 0 bridgehead atoms. The number of nitrogens with zero attached hydrogens (tertiary/aromatic N) is 3. The summed E-state index contributed by atoms with van der Waals surface area (Å²) in [5.74, 6) is 2.46. The van der Waals surface area contributed by atoms with E-state index in [9.17, 15) is 0 Å². The van der Waals surface area contributed by atoms with Crippen LogP contribution < -0.4 is 10.1 Å². The lowest BCUT2D eigenvalue weighted by Gasteiger charge is -2.35. The van der Waals surface area contributed by atoms with Crippen LogP contribution in [-0.4, -0.2) is 41.5 Å². The minimum absolute atomic E-state index is 0.605. The summed E-state index contributed by atoms with van der Waals surface area (Å²) in [4.78, 5) is 8.22. The van der Waals surface area contributed by atoms with Crippen molar-refractivity contribution in [1.82, 2.24) is 14.6 Å². The molecule has 2 unspecified atom stereocenters. The van der Waals surface area contributed by atoms with Crippen molar-refractivity contribution in [2.75, 3.05) is 20.2 Å². The van der Waals surface area contributed by atoms with Gasteiger partial charge in [-0.2, -0.15) is 4.37 Å². The van der Waals surface area contributed by atoms with E-state index in [0.29, 0.717) is 11.9 Å². The Morgan fingerprint density at radius 2 is 2.35 bits per heavy atom. The Balaban J connectivity index is 1.62. The number of fused-ring (bicyclic) bond motifs is 1. The second-order valence-electron chi connectivity index (χ2n) is 5.44. The first-order valence-electron chi connectivity index (χ1n) is 6.92. The summed E-state index contributed by atoms with van der Waals surface area (Å²) in [5, 5.41) is 3.46. The lowest BCUT2D eigenvalue weighted by molar-refractivity contribution is 0.211. The van der Waals surface area contributed by atoms with Crippen LogP contribution in [0.2, 0.25) is 0 Å². The lowest BCUT2D eigenvalue weighted by atomic mass is 9.95. The molecular formula is C13H19BrN4OS. The quantitative estimate of drug-likeness (QED) is 0.901. The van der Waals surface area contributed by atoms with Crippen LogP contribution in [-0.2, 0) is 6.54 Å². The van der Waals surface area contributed by atoms with Gasteiger partial charge in [0, 0.05) is 6.54 Å². The van der Waals surface area contributed by atoms with Gasteiger partial charge in [0.2, 0.25) is 5.88 Å². The van der Waals surface area contributed by atoms with Crippen molar-refractivity contribution < 1.29 is 4.74 Å². The highest BCUT2D eigenvalue weighted by molar-refractivity contribution is 9.10. The van der Waals surface area contributed by atoms with Crippen molar-refractivity contribution in [2.45, 2.75) is 32.4 Å². The number of aliphatic imine (C=N–C) groups is 1. The molecule has 0 amide bonds. The molecule has 1 aromatic rings. The highest BCUT2D eigenvalue weighted by Crippen LogP contribution is 2.31. The third-order valence-electron chi connectivity index (χ3n) is 3.94. The van der Waals surface area contributed by atoms with Crippen molar-refractivity contribution in [2.24, 2.45) is 10.9 Å². The van der Waals surface area contributed by atoms with Crippen molar-refractivity contribution >= 4 is 33.4 Å². The number of aromatic nitrogens is 1. The van der Waals surface area contributed by atoms with E-state index < -0.39 is 0 Å². The van der Waals surface area contributed by atoms with Gasteiger partial charge in [-0.05, 0) is 46.2 Å². The first-order chi connectivity index (χ1) is 9.69. The molecular weight excluding hydrogens is 340 g/mol. The fourth-order valence-electron chi connectivity index (χ4n) is 2.79. The zero-order valence-corrected chi connectivity index (χ0v) is 14.1. The number of halogens is 1. The zero-order valence-electron chi connectivity index (χ0n) is 11.7. The summed E-state index contributed by atoms with van der Waals surface area (Å²) in [7, 11) is 1.64. The maximum absolute atomic E-state index is 5.18. The molecule has 20 heavy (non-hydrogen) atoms. The topological polar surface area (TPSA) is 49.8 Å². The van der Waals surface area contributed by atoms with Crippen LogP contribution in [0.4, 0.5) is 0 Å². The van der Waals surface area contributed by atoms with E-state index in [-0.39, 0.29) is 0 Å². The first-order valence-corrected chi connectivity index (χ1v) is 8.48. The van der Waals surface area contributed by atoms with Crippen LogP contribution in [0, 0.1) is 5.92 Å². The molecule has 2 atom stereocenters.